The summed E-state index contributed by atoms with van der Waals surface area (Å²) in [4.78, 5) is 20.1. The molecule has 1 aromatic heterocycles. The zero-order chi connectivity index (χ0) is 19.8. The van der Waals surface area contributed by atoms with Gasteiger partial charge in [-0.15, -0.1) is 12.4 Å². The van der Waals surface area contributed by atoms with Gasteiger partial charge >= 0.3 is 0 Å². The number of aryl methyl sites for hydroxylation is 1. The Morgan fingerprint density at radius 2 is 2.07 bits per heavy atom. The number of aliphatic imine (C=N–C) groups is 1. The number of carbonyl (C=O) groups is 1. The number of ether oxygens (including phenoxy) is 1. The smallest absolute Gasteiger partial charge is 0.269 e. The Bertz CT molecular complexity index is 919. The molecule has 0 fully saturated rings. The Balaban J connectivity index is 0.00000280. The van der Waals surface area contributed by atoms with Crippen LogP contribution in [0, 0.1) is 12.7 Å². The molecule has 2 aromatic rings. The number of nitrogens with two attached hydrogens (primary N) is 2. The highest BCUT2D eigenvalue weighted by molar-refractivity contribution is 5.99. The molecule has 0 radical (unpaired) electrons. The zero-order valence-electron chi connectivity index (χ0n) is 14.7. The van der Waals surface area contributed by atoms with Crippen LogP contribution in [0.5, 0.6) is 0 Å². The summed E-state index contributed by atoms with van der Waals surface area (Å²) in [7, 11) is 0. The fourth-order valence-corrected chi connectivity index (χ4v) is 2.93. The van der Waals surface area contributed by atoms with E-state index in [4.69, 9.17) is 20.6 Å². The average Bonchev–Trinajstić information content (AvgIpc) is 2.94. The molecular weight excluding hydrogens is 401 g/mol. The molecule has 0 bridgehead atoms. The normalized spacial score (nSPS) is 19.2. The van der Waals surface area contributed by atoms with E-state index in [1.54, 1.807) is 0 Å². The summed E-state index contributed by atoms with van der Waals surface area (Å²) in [6.45, 7) is 0.884. The number of oxazole rings is 1. The lowest BCUT2D eigenvalue weighted by molar-refractivity contribution is -0.0146. The molecule has 1 aromatic carbocycles. The predicted octanol–water partition coefficient (Wildman–Crippen LogP) is 2.40. The molecule has 152 valence electrons. The predicted molar refractivity (Wildman–Crippen MR) is 97.5 cm³/mol. The number of hydrogen-bond acceptors (Lipinski definition) is 7. The monoisotopic (exact) mass is 418 g/mol. The van der Waals surface area contributed by atoms with Gasteiger partial charge in [-0.25, -0.2) is 18.2 Å². The summed E-state index contributed by atoms with van der Waals surface area (Å²) in [6.07, 6.45) is -3.30. The Morgan fingerprint density at radius 3 is 2.64 bits per heavy atom. The van der Waals surface area contributed by atoms with Gasteiger partial charge in [0.2, 0.25) is 5.88 Å². The number of alkyl halides is 2. The maximum Gasteiger partial charge on any atom is 0.269 e. The van der Waals surface area contributed by atoms with Crippen LogP contribution in [0.1, 0.15) is 27.5 Å². The van der Waals surface area contributed by atoms with Crippen LogP contribution < -0.4 is 11.5 Å². The van der Waals surface area contributed by atoms with Crippen molar-refractivity contribution in [1.82, 2.24) is 4.98 Å². The molecule has 4 N–H and O–H groups in total. The Kier molecular flexibility index (Phi) is 6.35. The van der Waals surface area contributed by atoms with Gasteiger partial charge in [0.15, 0.2) is 22.9 Å². The summed E-state index contributed by atoms with van der Waals surface area (Å²) in [5.74, 6) is -1.46. The van der Waals surface area contributed by atoms with Crippen molar-refractivity contribution in [2.45, 2.75) is 25.3 Å². The molecule has 0 amide bonds. The van der Waals surface area contributed by atoms with Crippen molar-refractivity contribution in [3.8, 4) is 0 Å². The molecule has 0 unspecified atom stereocenters. The van der Waals surface area contributed by atoms with Crippen molar-refractivity contribution < 1.29 is 27.1 Å². The number of nitrogens with zero attached hydrogens (tertiary/aromatic N) is 2. The first-order chi connectivity index (χ1) is 12.7. The van der Waals surface area contributed by atoms with Gasteiger partial charge in [0.1, 0.15) is 18.3 Å². The number of halogens is 4. The fraction of sp³-hybridized carbons (Fsp3) is 0.353. The van der Waals surface area contributed by atoms with Crippen LogP contribution in [-0.4, -0.2) is 36.2 Å². The number of Topliss-reactive ketones (excluding diaryl/α,β-unsaturated/α-hetero) is 1. The summed E-state index contributed by atoms with van der Waals surface area (Å²) in [6, 6.07) is 3.48. The minimum Gasteiger partial charge on any atom is -0.425 e. The van der Waals surface area contributed by atoms with Gasteiger partial charge in [-0.05, 0) is 17.7 Å². The molecule has 0 aliphatic carbocycles. The van der Waals surface area contributed by atoms with Crippen LogP contribution in [0.2, 0.25) is 0 Å². The summed E-state index contributed by atoms with van der Waals surface area (Å²) in [5, 5.41) is 0. The van der Waals surface area contributed by atoms with Crippen molar-refractivity contribution in [3.63, 3.8) is 0 Å². The van der Waals surface area contributed by atoms with E-state index in [1.165, 1.54) is 13.0 Å². The number of ketones is 1. The van der Waals surface area contributed by atoms with Crippen molar-refractivity contribution >= 4 is 29.9 Å². The SMILES string of the molecule is Cc1nc(C(=O)Cc2ccc(F)c([C@]3(C(F)F)COCC(N)=N3)c2)c(N)o1.Cl. The highest BCUT2D eigenvalue weighted by Crippen LogP contribution is 2.37. The summed E-state index contributed by atoms with van der Waals surface area (Å²) >= 11 is 0. The molecule has 1 atom stereocenters. The van der Waals surface area contributed by atoms with E-state index in [-0.39, 0.29) is 54.3 Å². The zero-order valence-corrected chi connectivity index (χ0v) is 15.6. The second-order valence-electron chi connectivity index (χ2n) is 6.18. The first-order valence-electron chi connectivity index (χ1n) is 7.98. The van der Waals surface area contributed by atoms with Gasteiger partial charge in [0, 0.05) is 18.9 Å². The summed E-state index contributed by atoms with van der Waals surface area (Å²) < 4.78 is 52.1. The van der Waals surface area contributed by atoms with E-state index in [1.807, 2.05) is 0 Å². The third-order valence-corrected chi connectivity index (χ3v) is 4.16. The molecule has 0 saturated heterocycles. The van der Waals surface area contributed by atoms with Crippen LogP contribution in [-0.2, 0) is 16.7 Å². The number of carbonyl (C=O) groups excluding carboxylic acids is 1. The highest BCUT2D eigenvalue weighted by Gasteiger charge is 2.46. The minimum atomic E-state index is -3.06. The second kappa shape index (κ2) is 8.19. The first kappa shape index (κ1) is 21.7. The number of amidine groups is 1. The number of benzene rings is 1. The molecule has 11 heteroatoms. The van der Waals surface area contributed by atoms with E-state index in [9.17, 15) is 18.0 Å². The number of nitrogen functional groups attached to an aromatic ring is 1. The molecule has 1 aliphatic rings. The van der Waals surface area contributed by atoms with E-state index in [2.05, 4.69) is 9.98 Å². The highest BCUT2D eigenvalue weighted by atomic mass is 35.5. The Hall–Kier alpha value is -2.59. The minimum absolute atomic E-state index is 0. The Labute approximate surface area is 164 Å². The molecular formula is C17H18ClF3N4O3. The second-order valence-corrected chi connectivity index (χ2v) is 6.18. The number of anilines is 1. The molecule has 7 nitrogen and oxygen atoms in total. The number of hydrogen-bond donors (Lipinski definition) is 2. The standard InChI is InChI=1S/C17H17F3N4O3.ClH/c1-8-23-14(15(22)27-8)12(25)5-9-2-3-11(18)10(4-9)17(16(19)20)7-26-6-13(21)24-17;/h2-4,16H,5-7,22H2,1H3,(H2,21,24);1H/t17-;/m0./s1. The van der Waals surface area contributed by atoms with Gasteiger partial charge in [-0.2, -0.15) is 0 Å². The first-order valence-corrected chi connectivity index (χ1v) is 7.98. The number of aromatic nitrogens is 1. The van der Waals surface area contributed by atoms with Crippen molar-refractivity contribution in [3.05, 3.63) is 46.7 Å². The average molecular weight is 419 g/mol. The molecule has 3 rings (SSSR count). The lowest BCUT2D eigenvalue weighted by Crippen LogP contribution is -2.45. The summed E-state index contributed by atoms with van der Waals surface area (Å²) in [5.41, 5.74) is 8.68. The van der Waals surface area contributed by atoms with Crippen molar-refractivity contribution in [1.29, 1.82) is 0 Å². The van der Waals surface area contributed by atoms with Crippen LogP contribution in [0.25, 0.3) is 0 Å². The lowest BCUT2D eigenvalue weighted by atomic mass is 9.88. The molecule has 1 aliphatic heterocycles. The topological polar surface area (TPSA) is 117 Å². The van der Waals surface area contributed by atoms with E-state index >= 15 is 0 Å². The fourth-order valence-electron chi connectivity index (χ4n) is 2.93. The third-order valence-electron chi connectivity index (χ3n) is 4.16. The van der Waals surface area contributed by atoms with Gasteiger partial charge in [-0.1, -0.05) is 6.07 Å². The van der Waals surface area contributed by atoms with Gasteiger partial charge in [0.05, 0.1) is 6.61 Å². The van der Waals surface area contributed by atoms with Crippen LogP contribution in [0.4, 0.5) is 19.1 Å². The molecule has 0 saturated carbocycles. The maximum atomic E-state index is 14.4. The van der Waals surface area contributed by atoms with E-state index in [0.29, 0.717) is 0 Å². The largest absolute Gasteiger partial charge is 0.425 e. The third kappa shape index (κ3) is 3.97. The maximum absolute atomic E-state index is 14.4. The quantitative estimate of drug-likeness (QED) is 0.720. The van der Waals surface area contributed by atoms with Gasteiger partial charge in [0.25, 0.3) is 6.43 Å². The van der Waals surface area contributed by atoms with Crippen LogP contribution in [0.15, 0.2) is 27.6 Å². The van der Waals surface area contributed by atoms with Crippen LogP contribution >= 0.6 is 12.4 Å². The van der Waals surface area contributed by atoms with E-state index in [0.717, 1.165) is 12.1 Å². The number of rotatable bonds is 5. The molecule has 0 spiro atoms. The molecule has 28 heavy (non-hydrogen) atoms. The van der Waals surface area contributed by atoms with Gasteiger partial charge in [-0.3, -0.25) is 9.79 Å². The Morgan fingerprint density at radius 1 is 1.36 bits per heavy atom. The lowest BCUT2D eigenvalue weighted by Gasteiger charge is -2.33. The van der Waals surface area contributed by atoms with Crippen molar-refractivity contribution in [2.75, 3.05) is 18.9 Å². The van der Waals surface area contributed by atoms with Gasteiger partial charge < -0.3 is 20.6 Å². The van der Waals surface area contributed by atoms with Crippen molar-refractivity contribution in [2.24, 2.45) is 10.7 Å². The van der Waals surface area contributed by atoms with Crippen LogP contribution in [0.3, 0.4) is 0 Å². The molecule has 2 heterocycles. The van der Waals surface area contributed by atoms with E-state index < -0.39 is 35.7 Å².